The van der Waals surface area contributed by atoms with Crippen LogP contribution in [-0.4, -0.2) is 19.1 Å². The molecule has 1 N–H and O–H groups in total. The number of thiophene rings is 1. The summed E-state index contributed by atoms with van der Waals surface area (Å²) in [4.78, 5) is 16.3. The molecule has 0 bridgehead atoms. The van der Waals surface area contributed by atoms with Crippen LogP contribution in [0.1, 0.15) is 21.6 Å². The zero-order chi connectivity index (χ0) is 19.5. The average molecular weight is 393 g/mol. The van der Waals surface area contributed by atoms with Gasteiger partial charge < -0.3 is 15.0 Å². The van der Waals surface area contributed by atoms with Gasteiger partial charge >= 0.3 is 0 Å². The summed E-state index contributed by atoms with van der Waals surface area (Å²) in [6.45, 7) is 5.83. The van der Waals surface area contributed by atoms with E-state index in [0.29, 0.717) is 0 Å². The second kappa shape index (κ2) is 8.07. The van der Waals surface area contributed by atoms with E-state index in [4.69, 9.17) is 4.74 Å². The number of carbonyl (C=O) groups is 1. The smallest absolute Gasteiger partial charge is 0.262 e. The van der Waals surface area contributed by atoms with Crippen LogP contribution in [0.5, 0.6) is 5.75 Å². The number of para-hydroxylation sites is 2. The first-order valence-electron chi connectivity index (χ1n) is 9.49. The van der Waals surface area contributed by atoms with Gasteiger partial charge in [0.25, 0.3) is 5.91 Å². The minimum Gasteiger partial charge on any atom is -0.483 e. The molecule has 0 radical (unpaired) electrons. The van der Waals surface area contributed by atoms with Crippen molar-refractivity contribution in [3.05, 3.63) is 75.5 Å². The third kappa shape index (κ3) is 4.04. The monoisotopic (exact) mass is 392 g/mol. The molecule has 1 aliphatic heterocycles. The number of aryl methyl sites for hydroxylation is 2. The molecule has 4 nitrogen and oxygen atoms in total. The molecule has 28 heavy (non-hydrogen) atoms. The summed E-state index contributed by atoms with van der Waals surface area (Å²) in [5.74, 6) is 0.603. The van der Waals surface area contributed by atoms with Gasteiger partial charge in [-0.05, 0) is 66.6 Å². The number of nitrogens with zero attached hydrogens (tertiary/aromatic N) is 1. The number of hydrogen-bond acceptors (Lipinski definition) is 4. The Morgan fingerprint density at radius 3 is 2.93 bits per heavy atom. The first kappa shape index (κ1) is 18.6. The van der Waals surface area contributed by atoms with Crippen LogP contribution in [0.3, 0.4) is 0 Å². The van der Waals surface area contributed by atoms with Gasteiger partial charge in [-0.1, -0.05) is 24.3 Å². The lowest BCUT2D eigenvalue weighted by Gasteiger charge is -2.30. The number of rotatable bonds is 5. The van der Waals surface area contributed by atoms with E-state index >= 15 is 0 Å². The van der Waals surface area contributed by atoms with Gasteiger partial charge in [0.1, 0.15) is 5.75 Å². The molecule has 0 spiro atoms. The molecule has 4 rings (SSSR count). The van der Waals surface area contributed by atoms with Gasteiger partial charge in [0.2, 0.25) is 0 Å². The number of fused-ring (bicyclic) bond motifs is 1. The van der Waals surface area contributed by atoms with E-state index in [1.54, 1.807) is 0 Å². The summed E-state index contributed by atoms with van der Waals surface area (Å²) in [5.41, 5.74) is 5.41. The molecule has 0 saturated carbocycles. The number of ether oxygens (including phenoxy) is 1. The Kier molecular flexibility index (Phi) is 5.35. The summed E-state index contributed by atoms with van der Waals surface area (Å²) in [7, 11) is 0. The van der Waals surface area contributed by atoms with Crippen molar-refractivity contribution in [3.8, 4) is 5.75 Å². The largest absolute Gasteiger partial charge is 0.483 e. The molecule has 3 aromatic rings. The van der Waals surface area contributed by atoms with Crippen LogP contribution in [0.15, 0.2) is 53.9 Å². The minimum atomic E-state index is -0.151. The highest BCUT2D eigenvalue weighted by molar-refractivity contribution is 7.10. The molecule has 2 aromatic carbocycles. The highest BCUT2D eigenvalue weighted by Gasteiger charge is 2.20. The fraction of sp³-hybridized carbons (Fsp3) is 0.261. The van der Waals surface area contributed by atoms with Crippen LogP contribution in [0.4, 0.5) is 11.4 Å². The predicted molar refractivity (Wildman–Crippen MR) is 116 cm³/mol. The van der Waals surface area contributed by atoms with Crippen molar-refractivity contribution in [2.45, 2.75) is 26.8 Å². The number of nitrogens with one attached hydrogen (secondary N) is 1. The molecular formula is C23H24N2O2S. The Morgan fingerprint density at radius 1 is 1.18 bits per heavy atom. The quantitative estimate of drug-likeness (QED) is 0.668. The number of carbonyl (C=O) groups excluding carboxylic acids is 1. The summed E-state index contributed by atoms with van der Waals surface area (Å²) < 4.78 is 5.75. The normalized spacial score (nSPS) is 13.1. The highest BCUT2D eigenvalue weighted by atomic mass is 32.1. The highest BCUT2D eigenvalue weighted by Crippen LogP contribution is 2.32. The Hall–Kier alpha value is -2.79. The van der Waals surface area contributed by atoms with Crippen molar-refractivity contribution >= 4 is 28.6 Å². The van der Waals surface area contributed by atoms with Crippen molar-refractivity contribution in [1.82, 2.24) is 0 Å². The molecule has 0 aliphatic carbocycles. The van der Waals surface area contributed by atoms with Crippen LogP contribution in [-0.2, 0) is 17.8 Å². The van der Waals surface area contributed by atoms with Crippen molar-refractivity contribution in [2.24, 2.45) is 0 Å². The molecule has 1 amide bonds. The van der Waals surface area contributed by atoms with E-state index in [1.165, 1.54) is 10.4 Å². The van der Waals surface area contributed by atoms with Crippen molar-refractivity contribution in [2.75, 3.05) is 23.4 Å². The van der Waals surface area contributed by atoms with Gasteiger partial charge in [-0.25, -0.2) is 0 Å². The number of amides is 1. The van der Waals surface area contributed by atoms with E-state index in [-0.39, 0.29) is 12.5 Å². The lowest BCUT2D eigenvalue weighted by molar-refractivity contribution is -0.118. The lowest BCUT2D eigenvalue weighted by atomic mass is 10.1. The fourth-order valence-electron chi connectivity index (χ4n) is 3.50. The van der Waals surface area contributed by atoms with Gasteiger partial charge in [0.05, 0.1) is 11.4 Å². The van der Waals surface area contributed by atoms with Gasteiger partial charge in [-0.3, -0.25) is 4.79 Å². The second-order valence-electron chi connectivity index (χ2n) is 7.16. The third-order valence-corrected chi connectivity index (χ3v) is 6.05. The first-order valence-corrected chi connectivity index (χ1v) is 10.4. The summed E-state index contributed by atoms with van der Waals surface area (Å²) >= 11 is 1.83. The minimum absolute atomic E-state index is 0.00664. The molecule has 0 saturated heterocycles. The van der Waals surface area contributed by atoms with Crippen LogP contribution in [0.2, 0.25) is 0 Å². The van der Waals surface area contributed by atoms with E-state index < -0.39 is 0 Å². The van der Waals surface area contributed by atoms with Gasteiger partial charge in [-0.2, -0.15) is 0 Å². The van der Waals surface area contributed by atoms with Crippen LogP contribution in [0, 0.1) is 13.8 Å². The van der Waals surface area contributed by atoms with Crippen LogP contribution in [0.25, 0.3) is 0 Å². The van der Waals surface area contributed by atoms with E-state index in [0.717, 1.165) is 47.8 Å². The lowest BCUT2D eigenvalue weighted by Crippen LogP contribution is -2.30. The molecule has 5 heteroatoms. The van der Waals surface area contributed by atoms with Gasteiger partial charge in [0, 0.05) is 18.0 Å². The van der Waals surface area contributed by atoms with E-state index in [2.05, 4.69) is 27.7 Å². The van der Waals surface area contributed by atoms with Crippen LogP contribution >= 0.6 is 11.3 Å². The maximum atomic E-state index is 12.5. The third-order valence-electron chi connectivity index (χ3n) is 5.03. The molecule has 0 atom stereocenters. The predicted octanol–water partition coefficient (Wildman–Crippen LogP) is 4.95. The van der Waals surface area contributed by atoms with Crippen LogP contribution < -0.4 is 15.0 Å². The molecule has 144 valence electrons. The molecular weight excluding hydrogens is 368 g/mol. The van der Waals surface area contributed by atoms with Gasteiger partial charge in [0.15, 0.2) is 6.61 Å². The molecule has 1 aliphatic rings. The maximum Gasteiger partial charge on any atom is 0.262 e. The van der Waals surface area contributed by atoms with E-state index in [1.807, 2.05) is 61.6 Å². The number of hydrogen-bond donors (Lipinski definition) is 1. The molecule has 0 fully saturated rings. The Balaban J connectivity index is 1.44. The number of benzene rings is 2. The topological polar surface area (TPSA) is 41.6 Å². The second-order valence-corrected chi connectivity index (χ2v) is 8.16. The standard InChI is InChI=1S/C23H24N2O2S/c1-16-7-8-17(2)21(13-16)27-15-23(26)24-19-5-3-4-6-20(19)25-11-9-22-18(14-25)10-12-28-22/h3-8,10,12-13H,9,11,14-15H2,1-2H3,(H,24,26). The number of anilines is 2. The van der Waals surface area contributed by atoms with Crippen molar-refractivity contribution in [1.29, 1.82) is 0 Å². The van der Waals surface area contributed by atoms with Gasteiger partial charge in [-0.15, -0.1) is 11.3 Å². The Bertz CT molecular complexity index is 996. The Morgan fingerprint density at radius 2 is 2.04 bits per heavy atom. The fourth-order valence-corrected chi connectivity index (χ4v) is 4.39. The molecule has 0 unspecified atom stereocenters. The SMILES string of the molecule is Cc1ccc(C)c(OCC(=O)Nc2ccccc2N2CCc3sccc3C2)c1. The molecule has 2 heterocycles. The summed E-state index contributed by atoms with van der Waals surface area (Å²) in [6.07, 6.45) is 1.05. The Labute approximate surface area is 169 Å². The summed E-state index contributed by atoms with van der Waals surface area (Å²) in [5, 5.41) is 5.19. The average Bonchev–Trinajstić information content (AvgIpc) is 3.17. The molecule has 1 aromatic heterocycles. The zero-order valence-corrected chi connectivity index (χ0v) is 17.0. The van der Waals surface area contributed by atoms with Crippen molar-refractivity contribution in [3.63, 3.8) is 0 Å². The summed E-state index contributed by atoms with van der Waals surface area (Å²) in [6, 6.07) is 16.2. The first-order chi connectivity index (χ1) is 13.6. The zero-order valence-electron chi connectivity index (χ0n) is 16.2. The van der Waals surface area contributed by atoms with E-state index in [9.17, 15) is 4.79 Å². The maximum absolute atomic E-state index is 12.5. The van der Waals surface area contributed by atoms with Crippen molar-refractivity contribution < 1.29 is 9.53 Å².